The first-order valence-corrected chi connectivity index (χ1v) is 11.1. The largest absolute Gasteiger partial charge is 0.340 e. The first-order valence-electron chi connectivity index (χ1n) is 11.1. The number of carbonyl (C=O) groups is 1. The quantitative estimate of drug-likeness (QED) is 0.257. The van der Waals surface area contributed by atoms with E-state index >= 15 is 0 Å². The van der Waals surface area contributed by atoms with Crippen molar-refractivity contribution < 1.29 is 4.79 Å². The summed E-state index contributed by atoms with van der Waals surface area (Å²) >= 11 is 0. The monoisotopic (exact) mass is 452 g/mol. The number of urea groups is 1. The molecule has 0 aliphatic heterocycles. The average molecular weight is 453 g/mol. The Bertz CT molecular complexity index is 1300. The number of hydrogen-bond donors (Lipinski definition) is 4. The van der Waals surface area contributed by atoms with E-state index < -0.39 is 0 Å². The number of benzene rings is 3. The molecule has 0 aliphatic carbocycles. The molecule has 4 rings (SSSR count). The van der Waals surface area contributed by atoms with Crippen LogP contribution in [0, 0.1) is 27.7 Å². The Morgan fingerprint density at radius 3 is 2.09 bits per heavy atom. The summed E-state index contributed by atoms with van der Waals surface area (Å²) in [6, 6.07) is 22.9. The van der Waals surface area contributed by atoms with E-state index in [1.165, 1.54) is 5.56 Å². The van der Waals surface area contributed by atoms with Crippen LogP contribution in [0.15, 0.2) is 72.8 Å². The Labute approximate surface area is 199 Å². The molecule has 1 aromatic heterocycles. The van der Waals surface area contributed by atoms with E-state index in [0.29, 0.717) is 17.5 Å². The third-order valence-corrected chi connectivity index (χ3v) is 5.43. The molecular formula is C27H28N6O. The molecule has 1 heterocycles. The lowest BCUT2D eigenvalue weighted by atomic mass is 10.1. The van der Waals surface area contributed by atoms with Gasteiger partial charge in [0.2, 0.25) is 5.95 Å². The summed E-state index contributed by atoms with van der Waals surface area (Å²) in [7, 11) is 0. The van der Waals surface area contributed by atoms with Gasteiger partial charge in [0.15, 0.2) is 0 Å². The van der Waals surface area contributed by atoms with Gasteiger partial charge in [-0.3, -0.25) is 0 Å². The number of aromatic nitrogens is 2. The van der Waals surface area contributed by atoms with Crippen LogP contribution in [0.2, 0.25) is 0 Å². The number of carbonyl (C=O) groups excluding carboxylic acids is 1. The molecule has 0 bridgehead atoms. The molecule has 4 N–H and O–H groups in total. The van der Waals surface area contributed by atoms with Crippen molar-refractivity contribution in [3.8, 4) is 0 Å². The number of hydrogen-bond acceptors (Lipinski definition) is 5. The summed E-state index contributed by atoms with van der Waals surface area (Å²) in [5, 5.41) is 12.3. The molecule has 0 atom stereocenters. The zero-order chi connectivity index (χ0) is 24.1. The molecular weight excluding hydrogens is 424 g/mol. The van der Waals surface area contributed by atoms with Crippen LogP contribution in [0.25, 0.3) is 0 Å². The second-order valence-electron chi connectivity index (χ2n) is 8.24. The molecule has 0 spiro atoms. The van der Waals surface area contributed by atoms with Crippen molar-refractivity contribution in [1.29, 1.82) is 0 Å². The fourth-order valence-corrected chi connectivity index (χ4v) is 3.41. The van der Waals surface area contributed by atoms with Gasteiger partial charge in [-0.05, 0) is 81.3 Å². The van der Waals surface area contributed by atoms with E-state index in [1.807, 2.05) is 100 Å². The number of nitrogens with one attached hydrogen (secondary N) is 4. The third-order valence-electron chi connectivity index (χ3n) is 5.43. The van der Waals surface area contributed by atoms with Crippen LogP contribution >= 0.6 is 0 Å². The van der Waals surface area contributed by atoms with Crippen LogP contribution in [0.4, 0.5) is 39.3 Å². The molecule has 0 radical (unpaired) electrons. The van der Waals surface area contributed by atoms with Crippen LogP contribution in [-0.2, 0) is 0 Å². The Morgan fingerprint density at radius 1 is 0.706 bits per heavy atom. The predicted octanol–water partition coefficient (Wildman–Crippen LogP) is 6.84. The van der Waals surface area contributed by atoms with Gasteiger partial charge < -0.3 is 21.3 Å². The molecule has 3 aromatic carbocycles. The molecule has 0 unspecified atom stereocenters. The van der Waals surface area contributed by atoms with Gasteiger partial charge in [0.1, 0.15) is 5.82 Å². The molecule has 0 fully saturated rings. The lowest BCUT2D eigenvalue weighted by Gasteiger charge is -2.12. The van der Waals surface area contributed by atoms with E-state index in [0.717, 1.165) is 33.9 Å². The van der Waals surface area contributed by atoms with Gasteiger partial charge in [-0.15, -0.1) is 0 Å². The molecule has 7 nitrogen and oxygen atoms in total. The van der Waals surface area contributed by atoms with Crippen LogP contribution in [0.3, 0.4) is 0 Å². The minimum absolute atomic E-state index is 0.285. The zero-order valence-corrected chi connectivity index (χ0v) is 19.7. The van der Waals surface area contributed by atoms with Crippen molar-refractivity contribution in [3.63, 3.8) is 0 Å². The molecule has 4 aromatic rings. The van der Waals surface area contributed by atoms with Crippen molar-refractivity contribution in [2.45, 2.75) is 27.7 Å². The molecule has 172 valence electrons. The first kappa shape index (κ1) is 22.8. The normalized spacial score (nSPS) is 10.5. The number of nitrogens with zero attached hydrogens (tertiary/aromatic N) is 2. The molecule has 0 saturated carbocycles. The fraction of sp³-hybridized carbons (Fsp3) is 0.148. The van der Waals surface area contributed by atoms with E-state index in [9.17, 15) is 4.79 Å². The molecule has 0 aliphatic rings. The SMILES string of the molecule is Cc1ccc(Nc2nc(C)cc(Nc3ccc(NC(=O)Nc4cccc(C)c4C)cc3)n2)cc1. The van der Waals surface area contributed by atoms with Gasteiger partial charge in [-0.2, -0.15) is 4.98 Å². The smallest absolute Gasteiger partial charge is 0.323 e. The van der Waals surface area contributed by atoms with Crippen LogP contribution in [-0.4, -0.2) is 16.0 Å². The summed E-state index contributed by atoms with van der Waals surface area (Å²) < 4.78 is 0. The minimum Gasteiger partial charge on any atom is -0.340 e. The maximum Gasteiger partial charge on any atom is 0.323 e. The van der Waals surface area contributed by atoms with E-state index in [-0.39, 0.29) is 6.03 Å². The number of aryl methyl sites for hydroxylation is 3. The van der Waals surface area contributed by atoms with E-state index in [1.54, 1.807) is 0 Å². The second-order valence-corrected chi connectivity index (χ2v) is 8.24. The van der Waals surface area contributed by atoms with Gasteiger partial charge in [0.05, 0.1) is 0 Å². The highest BCUT2D eigenvalue weighted by atomic mass is 16.2. The van der Waals surface area contributed by atoms with Crippen molar-refractivity contribution >= 4 is 40.5 Å². The highest BCUT2D eigenvalue weighted by Crippen LogP contribution is 2.22. The van der Waals surface area contributed by atoms with E-state index in [4.69, 9.17) is 0 Å². The van der Waals surface area contributed by atoms with Crippen molar-refractivity contribution in [2.75, 3.05) is 21.3 Å². The topological polar surface area (TPSA) is 91.0 Å². The molecule has 2 amide bonds. The van der Waals surface area contributed by atoms with Crippen molar-refractivity contribution in [2.24, 2.45) is 0 Å². The molecule has 7 heteroatoms. The highest BCUT2D eigenvalue weighted by Gasteiger charge is 2.07. The Morgan fingerprint density at radius 2 is 1.35 bits per heavy atom. The number of anilines is 6. The number of amides is 2. The van der Waals surface area contributed by atoms with Gasteiger partial charge in [-0.25, -0.2) is 9.78 Å². The first-order chi connectivity index (χ1) is 16.4. The maximum absolute atomic E-state index is 12.4. The third kappa shape index (κ3) is 5.89. The average Bonchev–Trinajstić information content (AvgIpc) is 2.79. The standard InChI is InChI=1S/C27H28N6O/c1-17-8-10-22(11-9-17)30-26-28-19(3)16-25(33-26)29-21-12-14-23(15-13-21)31-27(34)32-24-7-5-6-18(2)20(24)4/h5-16H,1-4H3,(H2,31,32,34)(H2,28,29,30,33). The number of rotatable bonds is 6. The summed E-state index contributed by atoms with van der Waals surface area (Å²) in [5.74, 6) is 1.20. The predicted molar refractivity (Wildman–Crippen MR) is 140 cm³/mol. The summed E-state index contributed by atoms with van der Waals surface area (Å²) in [6.45, 7) is 7.98. The molecule has 34 heavy (non-hydrogen) atoms. The van der Waals surface area contributed by atoms with Gasteiger partial charge in [-0.1, -0.05) is 29.8 Å². The summed E-state index contributed by atoms with van der Waals surface area (Å²) in [6.07, 6.45) is 0. The Balaban J connectivity index is 1.39. The Hall–Kier alpha value is -4.39. The maximum atomic E-state index is 12.4. The van der Waals surface area contributed by atoms with E-state index in [2.05, 4.69) is 31.2 Å². The second kappa shape index (κ2) is 10.0. The van der Waals surface area contributed by atoms with Crippen molar-refractivity contribution in [3.05, 3.63) is 95.2 Å². The van der Waals surface area contributed by atoms with Crippen LogP contribution in [0.5, 0.6) is 0 Å². The summed E-state index contributed by atoms with van der Waals surface area (Å²) in [5.41, 5.74) is 7.47. The van der Waals surface area contributed by atoms with Crippen LogP contribution in [0.1, 0.15) is 22.4 Å². The van der Waals surface area contributed by atoms with Gasteiger partial charge >= 0.3 is 6.03 Å². The molecule has 0 saturated heterocycles. The fourth-order valence-electron chi connectivity index (χ4n) is 3.41. The highest BCUT2D eigenvalue weighted by molar-refractivity contribution is 6.00. The Kier molecular flexibility index (Phi) is 6.73. The summed E-state index contributed by atoms with van der Waals surface area (Å²) in [4.78, 5) is 21.4. The van der Waals surface area contributed by atoms with Gasteiger partial charge in [0, 0.05) is 34.5 Å². The minimum atomic E-state index is -0.285. The lowest BCUT2D eigenvalue weighted by Crippen LogP contribution is -2.20. The van der Waals surface area contributed by atoms with Crippen molar-refractivity contribution in [1.82, 2.24) is 9.97 Å². The van der Waals surface area contributed by atoms with Gasteiger partial charge in [0.25, 0.3) is 0 Å². The zero-order valence-electron chi connectivity index (χ0n) is 19.7. The van der Waals surface area contributed by atoms with Crippen LogP contribution < -0.4 is 21.3 Å². The lowest BCUT2D eigenvalue weighted by molar-refractivity contribution is 0.262.